The highest BCUT2D eigenvalue weighted by molar-refractivity contribution is 5.84. The fraction of sp³-hybridized carbons (Fsp3) is 0.600. The molecule has 4 heterocycles. The number of carbonyl (C=O) groups is 1. The van der Waals surface area contributed by atoms with E-state index >= 15 is 0 Å². The van der Waals surface area contributed by atoms with E-state index in [1.165, 1.54) is 4.80 Å². The van der Waals surface area contributed by atoms with Crippen LogP contribution in [-0.4, -0.2) is 63.4 Å². The molecule has 0 aliphatic carbocycles. The minimum atomic E-state index is -1.16. The zero-order valence-electron chi connectivity index (χ0n) is 16.6. The Morgan fingerprint density at radius 3 is 2.62 bits per heavy atom. The highest BCUT2D eigenvalue weighted by Gasteiger charge is 2.45. The molecule has 0 saturated carbocycles. The second-order valence-corrected chi connectivity index (χ2v) is 8.01. The Hall–Kier alpha value is -2.68. The van der Waals surface area contributed by atoms with Crippen molar-refractivity contribution in [3.05, 3.63) is 46.6 Å². The average molecular weight is 398 g/mol. The summed E-state index contributed by atoms with van der Waals surface area (Å²) in [5, 5.41) is 15.2. The van der Waals surface area contributed by atoms with E-state index in [1.807, 2.05) is 30.3 Å². The van der Waals surface area contributed by atoms with Gasteiger partial charge in [0, 0.05) is 13.0 Å². The Morgan fingerprint density at radius 2 is 2.03 bits per heavy atom. The van der Waals surface area contributed by atoms with Gasteiger partial charge >= 0.3 is 5.97 Å². The molecule has 1 unspecified atom stereocenters. The maximum atomic E-state index is 13.5. The first-order valence-electron chi connectivity index (χ1n) is 10.1. The van der Waals surface area contributed by atoms with Crippen LogP contribution in [0.3, 0.4) is 0 Å². The molecule has 0 amide bonds. The van der Waals surface area contributed by atoms with Crippen LogP contribution in [0.5, 0.6) is 0 Å². The van der Waals surface area contributed by atoms with E-state index in [4.69, 9.17) is 4.74 Å². The lowest BCUT2D eigenvalue weighted by Crippen LogP contribution is -2.54. The molecule has 0 radical (unpaired) electrons. The molecular weight excluding hydrogens is 372 g/mol. The van der Waals surface area contributed by atoms with Crippen molar-refractivity contribution in [3.8, 4) is 0 Å². The van der Waals surface area contributed by atoms with Gasteiger partial charge in [-0.1, -0.05) is 35.5 Å². The van der Waals surface area contributed by atoms with Crippen LogP contribution in [0.15, 0.2) is 35.5 Å². The van der Waals surface area contributed by atoms with Crippen LogP contribution >= 0.6 is 0 Å². The van der Waals surface area contributed by atoms with Crippen molar-refractivity contribution in [1.82, 2.24) is 25.1 Å². The third kappa shape index (κ3) is 4.05. The van der Waals surface area contributed by atoms with Crippen molar-refractivity contribution in [2.45, 2.75) is 37.2 Å². The normalized spacial score (nSPS) is 25.3. The molecule has 2 aromatic rings. The largest absolute Gasteiger partial charge is 0.460 e. The number of nitroso groups, excluding NO2 is 1. The van der Waals surface area contributed by atoms with Crippen molar-refractivity contribution in [1.29, 1.82) is 0 Å². The van der Waals surface area contributed by atoms with Crippen LogP contribution in [0.2, 0.25) is 0 Å². The number of esters is 1. The number of hydrogen-bond donors (Lipinski definition) is 0. The van der Waals surface area contributed by atoms with Crippen LogP contribution < -0.4 is 0 Å². The summed E-state index contributed by atoms with van der Waals surface area (Å²) in [6, 6.07) is 9.31. The van der Waals surface area contributed by atoms with Crippen molar-refractivity contribution < 1.29 is 9.53 Å². The molecule has 2 bridgehead atoms. The van der Waals surface area contributed by atoms with Gasteiger partial charge in [-0.3, -0.25) is 9.69 Å². The summed E-state index contributed by atoms with van der Waals surface area (Å²) in [5.41, 5.74) is -0.427. The lowest BCUT2D eigenvalue weighted by molar-refractivity contribution is -0.166. The summed E-state index contributed by atoms with van der Waals surface area (Å²) in [6.45, 7) is 2.71. The van der Waals surface area contributed by atoms with Gasteiger partial charge in [0.15, 0.2) is 5.82 Å². The molecule has 9 heteroatoms. The van der Waals surface area contributed by atoms with Gasteiger partial charge in [0.1, 0.15) is 18.1 Å². The fourth-order valence-electron chi connectivity index (χ4n) is 4.51. The number of nitrogens with zero attached hydrogens (tertiary/aromatic N) is 6. The van der Waals surface area contributed by atoms with Crippen molar-refractivity contribution in [2.24, 2.45) is 18.1 Å². The Labute approximate surface area is 169 Å². The first-order chi connectivity index (χ1) is 14.1. The number of aryl methyl sites for hydroxylation is 2. The van der Waals surface area contributed by atoms with Crippen LogP contribution in [0.4, 0.5) is 0 Å². The van der Waals surface area contributed by atoms with Crippen LogP contribution in [0.25, 0.3) is 0 Å². The third-order valence-corrected chi connectivity index (χ3v) is 6.23. The van der Waals surface area contributed by atoms with Gasteiger partial charge in [-0.15, -0.1) is 10.2 Å². The maximum Gasteiger partial charge on any atom is 0.318 e. The first-order valence-corrected chi connectivity index (χ1v) is 10.1. The number of benzene rings is 1. The molecular formula is C20H26N6O3. The van der Waals surface area contributed by atoms with E-state index in [0.29, 0.717) is 24.6 Å². The molecule has 154 valence electrons. The zero-order valence-corrected chi connectivity index (χ0v) is 16.6. The Balaban J connectivity index is 1.60. The number of tetrazole rings is 1. The number of rotatable bonds is 8. The van der Waals surface area contributed by atoms with Crippen LogP contribution in [0, 0.1) is 10.8 Å². The number of ether oxygens (including phenoxy) is 1. The quantitative estimate of drug-likeness (QED) is 0.490. The van der Waals surface area contributed by atoms with E-state index in [1.54, 1.807) is 7.05 Å². The average Bonchev–Trinajstić information content (AvgIpc) is 3.18. The van der Waals surface area contributed by atoms with Crippen molar-refractivity contribution >= 4 is 5.97 Å². The molecule has 9 nitrogen and oxygen atoms in total. The highest BCUT2D eigenvalue weighted by atomic mass is 16.5. The predicted octanol–water partition coefficient (Wildman–Crippen LogP) is 1.48. The molecule has 1 aromatic heterocycles. The van der Waals surface area contributed by atoms with Gasteiger partial charge in [-0.05, 0) is 49.0 Å². The molecule has 3 aliphatic rings. The minimum Gasteiger partial charge on any atom is -0.460 e. The van der Waals surface area contributed by atoms with Crippen LogP contribution in [0.1, 0.15) is 30.7 Å². The molecule has 3 saturated heterocycles. The monoisotopic (exact) mass is 398 g/mol. The van der Waals surface area contributed by atoms with E-state index in [9.17, 15) is 9.70 Å². The predicted molar refractivity (Wildman–Crippen MR) is 105 cm³/mol. The number of hydrogen-bond acceptors (Lipinski definition) is 8. The topological polar surface area (TPSA) is 103 Å². The highest BCUT2D eigenvalue weighted by Crippen LogP contribution is 2.35. The molecule has 5 rings (SSSR count). The Bertz CT molecular complexity index is 849. The second kappa shape index (κ2) is 8.36. The number of carbonyl (C=O) groups excluding carboxylic acids is 1. The van der Waals surface area contributed by atoms with Gasteiger partial charge in [-0.25, -0.2) is 0 Å². The maximum absolute atomic E-state index is 13.5. The molecule has 29 heavy (non-hydrogen) atoms. The second-order valence-electron chi connectivity index (χ2n) is 8.01. The Morgan fingerprint density at radius 1 is 1.28 bits per heavy atom. The summed E-state index contributed by atoms with van der Waals surface area (Å²) in [6.07, 6.45) is 2.69. The molecule has 0 spiro atoms. The smallest absolute Gasteiger partial charge is 0.318 e. The Kier molecular flexibility index (Phi) is 5.66. The standard InChI is InChI=1S/C20H26N6O3/c1-25-23-18(22-24-25)7-10-20(14-21-28,16-5-3-2-4-6-16)19(27)29-17-13-26-11-8-15(17)9-12-26/h2-6,15,17H,7-14H2,1H3/t17-,20?/m0/s1. The third-order valence-electron chi connectivity index (χ3n) is 6.23. The van der Waals surface area contributed by atoms with E-state index in [-0.39, 0.29) is 18.6 Å². The number of piperidine rings is 3. The summed E-state index contributed by atoms with van der Waals surface area (Å²) in [5.74, 6) is 0.531. The van der Waals surface area contributed by atoms with E-state index in [0.717, 1.165) is 38.0 Å². The molecule has 3 fully saturated rings. The zero-order chi connectivity index (χ0) is 20.3. The van der Waals surface area contributed by atoms with Gasteiger partial charge in [0.2, 0.25) is 0 Å². The van der Waals surface area contributed by atoms with Gasteiger partial charge in [0.25, 0.3) is 0 Å². The van der Waals surface area contributed by atoms with Gasteiger partial charge in [0.05, 0.1) is 7.05 Å². The minimum absolute atomic E-state index is 0.130. The number of aromatic nitrogens is 4. The van der Waals surface area contributed by atoms with E-state index < -0.39 is 5.41 Å². The lowest BCUT2D eigenvalue weighted by atomic mass is 9.76. The fourth-order valence-corrected chi connectivity index (χ4v) is 4.51. The van der Waals surface area contributed by atoms with Gasteiger partial charge < -0.3 is 4.74 Å². The number of fused-ring (bicyclic) bond motifs is 3. The summed E-state index contributed by atoms with van der Waals surface area (Å²) in [4.78, 5) is 28.7. The molecule has 3 aliphatic heterocycles. The van der Waals surface area contributed by atoms with Crippen LogP contribution in [-0.2, 0) is 28.4 Å². The molecule has 2 atom stereocenters. The van der Waals surface area contributed by atoms with Crippen molar-refractivity contribution in [2.75, 3.05) is 26.2 Å². The van der Waals surface area contributed by atoms with Crippen molar-refractivity contribution in [3.63, 3.8) is 0 Å². The SMILES string of the molecule is Cn1nnc(CCC(CN=O)(C(=O)O[C@H]2CN3CCC2CC3)c2ccccc2)n1. The molecule has 0 N–H and O–H groups in total. The summed E-state index contributed by atoms with van der Waals surface area (Å²) >= 11 is 0. The van der Waals surface area contributed by atoms with Gasteiger partial charge in [-0.2, -0.15) is 9.70 Å². The molecule has 1 aromatic carbocycles. The summed E-state index contributed by atoms with van der Waals surface area (Å²) in [7, 11) is 1.69. The summed E-state index contributed by atoms with van der Waals surface area (Å²) < 4.78 is 6.05. The lowest BCUT2D eigenvalue weighted by Gasteiger charge is -2.45. The van der Waals surface area contributed by atoms with E-state index in [2.05, 4.69) is 25.5 Å². The first kappa shape index (κ1) is 19.6.